The van der Waals surface area contributed by atoms with Crippen molar-refractivity contribution in [3.05, 3.63) is 54.5 Å². The number of fused-ring (bicyclic) bond motifs is 2. The van der Waals surface area contributed by atoms with Gasteiger partial charge in [-0.15, -0.1) is 0 Å². The molecule has 3 aromatic heterocycles. The molecule has 1 aromatic carbocycles. The lowest BCUT2D eigenvalue weighted by molar-refractivity contribution is 0.0963. The Balaban J connectivity index is 1.69. The zero-order valence-electron chi connectivity index (χ0n) is 13.0. The molecule has 4 aromatic rings. The standard InChI is InChI=1S/C19H16N4O/c20-19-17(18(24)11-1-2-11)23-10-14(4-6-16(23)22-19)12-3-5-15-13(9-12)7-8-21-15/h3-11,21H,1-2,20H2. The van der Waals surface area contributed by atoms with Crippen LogP contribution >= 0.6 is 0 Å². The van der Waals surface area contributed by atoms with Gasteiger partial charge in [-0.2, -0.15) is 0 Å². The number of imidazole rings is 1. The number of carbonyl (C=O) groups is 1. The Morgan fingerprint density at radius 1 is 1.17 bits per heavy atom. The fraction of sp³-hybridized carbons (Fsp3) is 0.158. The summed E-state index contributed by atoms with van der Waals surface area (Å²) in [7, 11) is 0. The minimum atomic E-state index is 0.109. The summed E-state index contributed by atoms with van der Waals surface area (Å²) in [5, 5.41) is 1.16. The number of nitrogen functional groups attached to an aromatic ring is 1. The van der Waals surface area contributed by atoms with Crippen LogP contribution < -0.4 is 5.73 Å². The highest BCUT2D eigenvalue weighted by atomic mass is 16.1. The fourth-order valence-corrected chi connectivity index (χ4v) is 3.25. The molecule has 1 fully saturated rings. The summed E-state index contributed by atoms with van der Waals surface area (Å²) in [6.07, 6.45) is 5.80. The van der Waals surface area contributed by atoms with E-state index in [0.29, 0.717) is 17.2 Å². The summed E-state index contributed by atoms with van der Waals surface area (Å²) in [5.41, 5.74) is 10.5. The number of hydrogen-bond donors (Lipinski definition) is 2. The minimum Gasteiger partial charge on any atom is -0.382 e. The molecule has 5 rings (SSSR count). The van der Waals surface area contributed by atoms with E-state index in [4.69, 9.17) is 5.73 Å². The summed E-state index contributed by atoms with van der Waals surface area (Å²) in [6.45, 7) is 0. The van der Waals surface area contributed by atoms with Gasteiger partial charge in [-0.25, -0.2) is 4.98 Å². The monoisotopic (exact) mass is 316 g/mol. The second-order valence-corrected chi connectivity index (χ2v) is 6.41. The maximum atomic E-state index is 12.5. The van der Waals surface area contributed by atoms with Crippen LogP contribution in [-0.2, 0) is 0 Å². The number of anilines is 1. The quantitative estimate of drug-likeness (QED) is 0.566. The van der Waals surface area contributed by atoms with E-state index >= 15 is 0 Å². The van der Waals surface area contributed by atoms with Crippen LogP contribution in [0.4, 0.5) is 5.82 Å². The highest BCUT2D eigenvalue weighted by Gasteiger charge is 2.33. The van der Waals surface area contributed by atoms with Crippen molar-refractivity contribution in [2.45, 2.75) is 12.8 Å². The van der Waals surface area contributed by atoms with E-state index in [1.54, 1.807) is 0 Å². The van der Waals surface area contributed by atoms with Crippen LogP contribution in [-0.4, -0.2) is 20.2 Å². The molecule has 1 aliphatic rings. The van der Waals surface area contributed by atoms with Crippen molar-refractivity contribution < 1.29 is 4.79 Å². The highest BCUT2D eigenvalue weighted by Crippen LogP contribution is 2.35. The number of aromatic nitrogens is 3. The van der Waals surface area contributed by atoms with Crippen LogP contribution in [0.5, 0.6) is 0 Å². The molecule has 118 valence electrons. The molecule has 1 saturated carbocycles. The average Bonchev–Trinajstić information content (AvgIpc) is 3.24. The van der Waals surface area contributed by atoms with E-state index in [-0.39, 0.29) is 11.7 Å². The van der Waals surface area contributed by atoms with Crippen molar-refractivity contribution >= 4 is 28.2 Å². The van der Waals surface area contributed by atoms with Crippen LogP contribution in [0, 0.1) is 5.92 Å². The lowest BCUT2D eigenvalue weighted by Crippen LogP contribution is -2.08. The Bertz CT molecular complexity index is 1100. The maximum Gasteiger partial charge on any atom is 0.186 e. The Kier molecular flexibility index (Phi) is 2.62. The first-order valence-corrected chi connectivity index (χ1v) is 8.10. The van der Waals surface area contributed by atoms with E-state index in [2.05, 4.69) is 34.2 Å². The maximum absolute atomic E-state index is 12.5. The third kappa shape index (κ3) is 1.94. The summed E-state index contributed by atoms with van der Waals surface area (Å²) < 4.78 is 1.84. The van der Waals surface area contributed by atoms with Gasteiger partial charge in [-0.3, -0.25) is 9.20 Å². The van der Waals surface area contributed by atoms with Gasteiger partial charge in [-0.05, 0) is 59.7 Å². The number of H-pyrrole nitrogens is 1. The summed E-state index contributed by atoms with van der Waals surface area (Å²) in [4.78, 5) is 20.1. The predicted octanol–water partition coefficient (Wildman–Crippen LogP) is 3.66. The van der Waals surface area contributed by atoms with Gasteiger partial charge in [-0.1, -0.05) is 6.07 Å². The second-order valence-electron chi connectivity index (χ2n) is 6.41. The van der Waals surface area contributed by atoms with Crippen molar-refractivity contribution in [1.29, 1.82) is 0 Å². The van der Waals surface area contributed by atoms with Gasteiger partial charge in [0.15, 0.2) is 11.6 Å². The van der Waals surface area contributed by atoms with E-state index in [1.807, 2.05) is 28.9 Å². The van der Waals surface area contributed by atoms with Gasteiger partial charge < -0.3 is 10.7 Å². The molecule has 3 heterocycles. The van der Waals surface area contributed by atoms with E-state index in [1.165, 1.54) is 0 Å². The third-order valence-electron chi connectivity index (χ3n) is 4.71. The molecule has 0 bridgehead atoms. The zero-order valence-corrected chi connectivity index (χ0v) is 13.0. The number of carbonyl (C=O) groups excluding carboxylic acids is 1. The lowest BCUT2D eigenvalue weighted by atomic mass is 10.1. The second kappa shape index (κ2) is 4.71. The minimum absolute atomic E-state index is 0.109. The van der Waals surface area contributed by atoms with Gasteiger partial charge in [0.25, 0.3) is 0 Å². The molecule has 1 aliphatic carbocycles. The molecule has 0 aliphatic heterocycles. The number of nitrogens with one attached hydrogen (secondary N) is 1. The number of aromatic amines is 1. The molecule has 5 nitrogen and oxygen atoms in total. The number of ketones is 1. The number of Topliss-reactive ketones (excluding diaryl/α,β-unsaturated/α-hetero) is 1. The Morgan fingerprint density at radius 3 is 2.83 bits per heavy atom. The Hall–Kier alpha value is -3.08. The summed E-state index contributed by atoms with van der Waals surface area (Å²) in [5.74, 6) is 0.551. The summed E-state index contributed by atoms with van der Waals surface area (Å²) in [6, 6.07) is 12.2. The normalized spacial score (nSPS) is 14.5. The van der Waals surface area contributed by atoms with Crippen LogP contribution in [0.3, 0.4) is 0 Å². The molecular formula is C19H16N4O. The topological polar surface area (TPSA) is 76.2 Å². The number of pyridine rings is 1. The van der Waals surface area contributed by atoms with Crippen LogP contribution in [0.1, 0.15) is 23.3 Å². The van der Waals surface area contributed by atoms with Crippen LogP contribution in [0.25, 0.3) is 27.7 Å². The third-order valence-corrected chi connectivity index (χ3v) is 4.71. The van der Waals surface area contributed by atoms with Crippen molar-refractivity contribution in [2.24, 2.45) is 5.92 Å². The number of nitrogens with zero attached hydrogens (tertiary/aromatic N) is 2. The highest BCUT2D eigenvalue weighted by molar-refractivity contribution is 6.02. The van der Waals surface area contributed by atoms with Crippen LogP contribution in [0.15, 0.2) is 48.8 Å². The van der Waals surface area contributed by atoms with Crippen molar-refractivity contribution in [1.82, 2.24) is 14.4 Å². The van der Waals surface area contributed by atoms with Gasteiger partial charge >= 0.3 is 0 Å². The molecule has 24 heavy (non-hydrogen) atoms. The van der Waals surface area contributed by atoms with Gasteiger partial charge in [0.1, 0.15) is 11.3 Å². The van der Waals surface area contributed by atoms with Gasteiger partial charge in [0, 0.05) is 23.8 Å². The van der Waals surface area contributed by atoms with E-state index < -0.39 is 0 Å². The SMILES string of the molecule is Nc1nc2ccc(-c3ccc4[nH]ccc4c3)cn2c1C(=O)C1CC1. The Labute approximate surface area is 138 Å². The summed E-state index contributed by atoms with van der Waals surface area (Å²) >= 11 is 0. The molecule has 3 N–H and O–H groups in total. The molecule has 0 unspecified atom stereocenters. The predicted molar refractivity (Wildman–Crippen MR) is 94.0 cm³/mol. The molecule has 0 amide bonds. The van der Waals surface area contributed by atoms with Crippen molar-refractivity contribution in [2.75, 3.05) is 5.73 Å². The van der Waals surface area contributed by atoms with Crippen LogP contribution in [0.2, 0.25) is 0 Å². The average molecular weight is 316 g/mol. The first-order chi connectivity index (χ1) is 11.7. The fourth-order valence-electron chi connectivity index (χ4n) is 3.25. The number of hydrogen-bond acceptors (Lipinski definition) is 3. The van der Waals surface area contributed by atoms with Gasteiger partial charge in [0.2, 0.25) is 0 Å². The Morgan fingerprint density at radius 2 is 2.00 bits per heavy atom. The number of rotatable bonds is 3. The van der Waals surface area contributed by atoms with Crippen molar-refractivity contribution in [3.63, 3.8) is 0 Å². The molecule has 5 heteroatoms. The van der Waals surface area contributed by atoms with E-state index in [9.17, 15) is 4.79 Å². The molecule has 0 radical (unpaired) electrons. The smallest absolute Gasteiger partial charge is 0.186 e. The lowest BCUT2D eigenvalue weighted by Gasteiger charge is -2.06. The molecular weight excluding hydrogens is 300 g/mol. The first kappa shape index (κ1) is 13.4. The number of nitrogens with two attached hydrogens (primary N) is 1. The number of benzene rings is 1. The first-order valence-electron chi connectivity index (χ1n) is 8.10. The molecule has 0 atom stereocenters. The molecule has 0 saturated heterocycles. The van der Waals surface area contributed by atoms with Gasteiger partial charge in [0.05, 0.1) is 0 Å². The largest absolute Gasteiger partial charge is 0.382 e. The molecule has 0 spiro atoms. The van der Waals surface area contributed by atoms with E-state index in [0.717, 1.165) is 34.9 Å². The zero-order chi connectivity index (χ0) is 16.3. The van der Waals surface area contributed by atoms with Crippen molar-refractivity contribution in [3.8, 4) is 11.1 Å².